The molecule has 1 aromatic carbocycles. The third-order valence-corrected chi connectivity index (χ3v) is 2.97. The number of nitrogens with zero attached hydrogens (tertiary/aromatic N) is 1. The van der Waals surface area contributed by atoms with Crippen LogP contribution in [0.5, 0.6) is 0 Å². The summed E-state index contributed by atoms with van der Waals surface area (Å²) in [4.78, 5) is 3.77. The number of hydrogen-bond acceptors (Lipinski definition) is 3. The zero-order chi connectivity index (χ0) is 12.8. The highest BCUT2D eigenvalue weighted by atomic mass is 35.5. The Balaban J connectivity index is 0.00000162. The molecule has 0 fully saturated rings. The molecule has 0 amide bonds. The van der Waals surface area contributed by atoms with Crippen molar-refractivity contribution in [3.05, 3.63) is 23.8 Å². The predicted molar refractivity (Wildman–Crippen MR) is 61.2 cm³/mol. The summed E-state index contributed by atoms with van der Waals surface area (Å²) in [6.07, 6.45) is -5.61. The van der Waals surface area contributed by atoms with E-state index in [-0.39, 0.29) is 22.2 Å². The molecule has 0 saturated heterocycles. The van der Waals surface area contributed by atoms with Gasteiger partial charge in [-0.15, -0.1) is 12.4 Å². The van der Waals surface area contributed by atoms with Crippen LogP contribution in [0.2, 0.25) is 0 Å². The Morgan fingerprint density at radius 2 is 1.72 bits per heavy atom. The van der Waals surface area contributed by atoms with Crippen LogP contribution < -0.4 is 5.73 Å². The monoisotopic (exact) mass is 304 g/mol. The maximum Gasteiger partial charge on any atom is 0.458 e. The zero-order valence-corrected chi connectivity index (χ0v) is 10.1. The van der Waals surface area contributed by atoms with Gasteiger partial charge in [-0.05, 0) is 12.1 Å². The van der Waals surface area contributed by atoms with Crippen molar-refractivity contribution < 1.29 is 22.0 Å². The molecule has 0 saturated carbocycles. The van der Waals surface area contributed by atoms with E-state index < -0.39 is 17.7 Å². The molecule has 0 aliphatic rings. The fraction of sp³-hybridized carbons (Fsp3) is 0.222. The van der Waals surface area contributed by atoms with Gasteiger partial charge < -0.3 is 5.73 Å². The molecule has 9 heteroatoms. The van der Waals surface area contributed by atoms with Crippen molar-refractivity contribution in [1.29, 1.82) is 0 Å². The molecule has 0 spiro atoms. The molecule has 0 atom stereocenters. The number of anilines is 1. The third-order valence-electron chi connectivity index (χ3n) is 2.12. The second-order valence-corrected chi connectivity index (χ2v) is 4.37. The lowest BCUT2D eigenvalue weighted by Crippen LogP contribution is -2.33. The number of aromatic nitrogens is 1. The minimum atomic E-state index is -5.61. The fourth-order valence-corrected chi connectivity index (χ4v) is 2.07. The van der Waals surface area contributed by atoms with Crippen LogP contribution in [0.3, 0.4) is 0 Å². The van der Waals surface area contributed by atoms with Crippen molar-refractivity contribution in [3.63, 3.8) is 0 Å². The van der Waals surface area contributed by atoms with E-state index in [1.54, 1.807) is 0 Å². The molecule has 1 aromatic heterocycles. The van der Waals surface area contributed by atoms with E-state index in [0.717, 1.165) is 23.5 Å². The van der Waals surface area contributed by atoms with Gasteiger partial charge in [-0.3, -0.25) is 0 Å². The molecule has 0 aliphatic heterocycles. The normalized spacial score (nSPS) is 12.5. The summed E-state index contributed by atoms with van der Waals surface area (Å²) >= 11 is 0.859. The Kier molecular flexibility index (Phi) is 3.73. The Labute approximate surface area is 108 Å². The first kappa shape index (κ1) is 14.9. The molecular formula is C9H6ClF5N2S. The van der Waals surface area contributed by atoms with E-state index in [2.05, 4.69) is 4.98 Å². The van der Waals surface area contributed by atoms with Crippen LogP contribution in [0.1, 0.15) is 5.56 Å². The van der Waals surface area contributed by atoms with Crippen LogP contribution in [0, 0.1) is 0 Å². The molecule has 1 heterocycles. The van der Waals surface area contributed by atoms with E-state index in [1.807, 2.05) is 0 Å². The highest BCUT2D eigenvalue weighted by Crippen LogP contribution is 2.44. The van der Waals surface area contributed by atoms with Crippen molar-refractivity contribution >= 4 is 39.1 Å². The number of hydrogen-bond donors (Lipinski definition) is 1. The van der Waals surface area contributed by atoms with Crippen molar-refractivity contribution in [3.8, 4) is 0 Å². The first-order valence-electron chi connectivity index (χ1n) is 4.33. The maximum absolute atomic E-state index is 13.0. The van der Waals surface area contributed by atoms with E-state index in [9.17, 15) is 22.0 Å². The first-order valence-corrected chi connectivity index (χ1v) is 5.14. The molecule has 100 valence electrons. The highest BCUT2D eigenvalue weighted by molar-refractivity contribution is 7.22. The minimum Gasteiger partial charge on any atom is -0.375 e. The van der Waals surface area contributed by atoms with Gasteiger partial charge >= 0.3 is 12.1 Å². The van der Waals surface area contributed by atoms with Crippen molar-refractivity contribution in [1.82, 2.24) is 4.98 Å². The van der Waals surface area contributed by atoms with Gasteiger partial charge in [0, 0.05) is 5.56 Å². The van der Waals surface area contributed by atoms with Crippen molar-refractivity contribution in [2.75, 3.05) is 5.73 Å². The Bertz CT molecular complexity index is 566. The number of benzene rings is 1. The third kappa shape index (κ3) is 2.35. The van der Waals surface area contributed by atoms with Crippen LogP contribution in [0.4, 0.5) is 27.1 Å². The first-order chi connectivity index (χ1) is 7.72. The summed E-state index contributed by atoms with van der Waals surface area (Å²) < 4.78 is 62.7. The zero-order valence-electron chi connectivity index (χ0n) is 8.46. The minimum absolute atomic E-state index is 0. The lowest BCUT2D eigenvalue weighted by Gasteiger charge is -2.19. The lowest BCUT2D eigenvalue weighted by atomic mass is 10.1. The SMILES string of the molecule is Cl.Nc1nc2ccc(C(F)(F)C(F)(F)F)cc2s1. The summed E-state index contributed by atoms with van der Waals surface area (Å²) in [5, 5.41) is 0.118. The average Bonchev–Trinajstić information content (AvgIpc) is 2.54. The van der Waals surface area contributed by atoms with Crippen molar-refractivity contribution in [2.45, 2.75) is 12.1 Å². The number of fused-ring (bicyclic) bond motifs is 1. The van der Waals surface area contributed by atoms with Gasteiger partial charge in [0.05, 0.1) is 10.2 Å². The molecule has 0 unspecified atom stereocenters. The molecule has 2 aromatic rings. The number of halogens is 6. The van der Waals surface area contributed by atoms with E-state index in [1.165, 1.54) is 0 Å². The van der Waals surface area contributed by atoms with Crippen LogP contribution in [0.15, 0.2) is 18.2 Å². The van der Waals surface area contributed by atoms with E-state index >= 15 is 0 Å². The number of alkyl halides is 5. The Hall–Kier alpha value is -1.15. The number of thiazole rings is 1. The van der Waals surface area contributed by atoms with Gasteiger partial charge in [-0.25, -0.2) is 4.98 Å². The van der Waals surface area contributed by atoms with E-state index in [4.69, 9.17) is 5.73 Å². The van der Waals surface area contributed by atoms with Crippen molar-refractivity contribution in [2.24, 2.45) is 0 Å². The molecule has 2 N–H and O–H groups in total. The van der Waals surface area contributed by atoms with Crippen LogP contribution in [0.25, 0.3) is 10.2 Å². The summed E-state index contributed by atoms with van der Waals surface area (Å²) in [5.41, 5.74) is 4.52. The topological polar surface area (TPSA) is 38.9 Å². The standard InChI is InChI=1S/C9H5F5N2S.ClH/c10-8(11,9(12,13)14)4-1-2-5-6(3-4)17-7(15)16-5;/h1-3H,(H2,15,16);1H. The Morgan fingerprint density at radius 1 is 1.11 bits per heavy atom. The number of nitrogens with two attached hydrogens (primary N) is 1. The molecular weight excluding hydrogens is 299 g/mol. The molecule has 0 radical (unpaired) electrons. The van der Waals surface area contributed by atoms with Gasteiger partial charge in [0.25, 0.3) is 0 Å². The molecule has 2 nitrogen and oxygen atoms in total. The second-order valence-electron chi connectivity index (χ2n) is 3.31. The second kappa shape index (κ2) is 4.51. The van der Waals surface area contributed by atoms with E-state index in [0.29, 0.717) is 11.6 Å². The maximum atomic E-state index is 13.0. The summed E-state index contributed by atoms with van der Waals surface area (Å²) in [5.74, 6) is -4.88. The van der Waals surface area contributed by atoms with Crippen LogP contribution in [-0.4, -0.2) is 11.2 Å². The highest BCUT2D eigenvalue weighted by Gasteiger charge is 2.58. The van der Waals surface area contributed by atoms with Crippen LogP contribution >= 0.6 is 23.7 Å². The summed E-state index contributed by atoms with van der Waals surface area (Å²) in [6.45, 7) is 0. The molecule has 0 aliphatic carbocycles. The molecule has 0 bridgehead atoms. The lowest BCUT2D eigenvalue weighted by molar-refractivity contribution is -0.289. The smallest absolute Gasteiger partial charge is 0.375 e. The predicted octanol–water partition coefficient (Wildman–Crippen LogP) is 3.95. The van der Waals surface area contributed by atoms with Gasteiger partial charge in [0.15, 0.2) is 5.13 Å². The van der Waals surface area contributed by atoms with Gasteiger partial charge in [-0.1, -0.05) is 17.4 Å². The number of nitrogen functional groups attached to an aromatic ring is 1. The largest absolute Gasteiger partial charge is 0.458 e. The van der Waals surface area contributed by atoms with Gasteiger partial charge in [0.2, 0.25) is 0 Å². The van der Waals surface area contributed by atoms with Gasteiger partial charge in [0.1, 0.15) is 0 Å². The van der Waals surface area contributed by atoms with Crippen LogP contribution in [-0.2, 0) is 5.92 Å². The Morgan fingerprint density at radius 3 is 2.28 bits per heavy atom. The summed E-state index contributed by atoms with van der Waals surface area (Å²) in [6, 6.07) is 2.56. The quantitative estimate of drug-likeness (QED) is 0.810. The van der Waals surface area contributed by atoms with Gasteiger partial charge in [-0.2, -0.15) is 22.0 Å². The number of rotatable bonds is 1. The molecule has 18 heavy (non-hydrogen) atoms. The summed E-state index contributed by atoms with van der Waals surface area (Å²) in [7, 11) is 0. The average molecular weight is 305 g/mol. The molecule has 2 rings (SSSR count). The fourth-order valence-electron chi connectivity index (χ4n) is 1.30.